The zero-order valence-corrected chi connectivity index (χ0v) is 17.8. The highest BCUT2D eigenvalue weighted by molar-refractivity contribution is 6.35. The van der Waals surface area contributed by atoms with Crippen molar-refractivity contribution in [3.05, 3.63) is 88.6 Å². The van der Waals surface area contributed by atoms with E-state index in [4.69, 9.17) is 16.3 Å². The molecule has 0 fully saturated rings. The lowest BCUT2D eigenvalue weighted by Crippen LogP contribution is -2.21. The average molecular weight is 469 g/mol. The smallest absolute Gasteiger partial charge is 0.323 e. The van der Waals surface area contributed by atoms with Crippen molar-refractivity contribution in [2.24, 2.45) is 0 Å². The minimum atomic E-state index is -1.02. The molecule has 10 heteroatoms. The van der Waals surface area contributed by atoms with Crippen LogP contribution in [0.1, 0.15) is 15.9 Å². The number of benzene rings is 3. The van der Waals surface area contributed by atoms with Crippen molar-refractivity contribution in [2.75, 3.05) is 17.7 Å². The summed E-state index contributed by atoms with van der Waals surface area (Å²) in [5, 5.41) is 4.55. The number of methoxy groups -OCH3 is 1. The lowest BCUT2D eigenvalue weighted by molar-refractivity contribution is 0.103. The Bertz CT molecular complexity index is 1400. The summed E-state index contributed by atoms with van der Waals surface area (Å²) in [6, 6.07) is 11.4. The van der Waals surface area contributed by atoms with Gasteiger partial charge < -0.3 is 15.4 Å². The third-order valence-corrected chi connectivity index (χ3v) is 4.96. The fourth-order valence-electron chi connectivity index (χ4n) is 3.09. The van der Waals surface area contributed by atoms with Crippen LogP contribution in [-0.4, -0.2) is 28.9 Å². The first-order chi connectivity index (χ1) is 15.9. The van der Waals surface area contributed by atoms with Crippen LogP contribution in [0, 0.1) is 11.6 Å². The summed E-state index contributed by atoms with van der Waals surface area (Å²) in [6.07, 6.45) is 1.43. The van der Waals surface area contributed by atoms with Gasteiger partial charge in [-0.15, -0.1) is 0 Å². The first-order valence-electron chi connectivity index (χ1n) is 9.53. The van der Waals surface area contributed by atoms with Gasteiger partial charge in [0.25, 0.3) is 0 Å². The molecule has 33 heavy (non-hydrogen) atoms. The molecular formula is C23H15ClF2N4O3. The molecule has 0 aliphatic carbocycles. The number of urea groups is 1. The van der Waals surface area contributed by atoms with Crippen molar-refractivity contribution in [3.8, 4) is 5.88 Å². The van der Waals surface area contributed by atoms with E-state index >= 15 is 4.39 Å². The number of nitrogens with one attached hydrogen (secondary N) is 2. The van der Waals surface area contributed by atoms with Gasteiger partial charge in [0.05, 0.1) is 40.6 Å². The second-order valence-electron chi connectivity index (χ2n) is 6.82. The molecular weight excluding hydrogens is 454 g/mol. The highest BCUT2D eigenvalue weighted by Crippen LogP contribution is 2.29. The van der Waals surface area contributed by atoms with Crippen LogP contribution in [0.4, 0.5) is 25.0 Å². The SMILES string of the molecule is COc1cnc2ccc(C(=O)c3c(Cl)ccc(NC(=O)Nc4cccc(F)c4)c3F)cc2n1. The molecule has 1 heterocycles. The van der Waals surface area contributed by atoms with Gasteiger partial charge in [0.1, 0.15) is 5.82 Å². The Labute approximate surface area is 191 Å². The molecule has 0 saturated heterocycles. The standard InChI is InChI=1S/C23H15ClF2N4O3/c1-33-19-11-27-16-7-5-12(9-18(16)29-19)22(31)20-15(24)6-8-17(21(20)26)30-23(32)28-14-4-2-3-13(25)10-14/h2-11H,1H3,(H2,28,30,32). The van der Waals surface area contributed by atoms with Crippen molar-refractivity contribution in [1.29, 1.82) is 0 Å². The van der Waals surface area contributed by atoms with Gasteiger partial charge in [0.15, 0.2) is 11.6 Å². The van der Waals surface area contributed by atoms with Crippen LogP contribution >= 0.6 is 11.6 Å². The minimum absolute atomic E-state index is 0.118. The van der Waals surface area contributed by atoms with Gasteiger partial charge in [-0.05, 0) is 48.5 Å². The normalized spacial score (nSPS) is 10.7. The second-order valence-corrected chi connectivity index (χ2v) is 7.23. The number of ether oxygens (including phenoxy) is 1. The summed E-state index contributed by atoms with van der Waals surface area (Å²) in [7, 11) is 1.43. The highest BCUT2D eigenvalue weighted by Gasteiger charge is 2.22. The molecule has 2 amide bonds. The van der Waals surface area contributed by atoms with Crippen molar-refractivity contribution in [3.63, 3.8) is 0 Å². The molecule has 7 nitrogen and oxygen atoms in total. The van der Waals surface area contributed by atoms with Gasteiger partial charge in [0, 0.05) is 11.3 Å². The summed E-state index contributed by atoms with van der Waals surface area (Å²) in [5.41, 5.74) is 0.483. The van der Waals surface area contributed by atoms with Gasteiger partial charge in [-0.3, -0.25) is 4.79 Å². The Morgan fingerprint density at radius 1 is 1.00 bits per heavy atom. The van der Waals surface area contributed by atoms with E-state index in [1.165, 1.54) is 55.8 Å². The van der Waals surface area contributed by atoms with Crippen LogP contribution in [0.2, 0.25) is 5.02 Å². The van der Waals surface area contributed by atoms with E-state index in [1.807, 2.05) is 0 Å². The fourth-order valence-corrected chi connectivity index (χ4v) is 3.32. The second kappa shape index (κ2) is 9.17. The molecule has 1 aromatic heterocycles. The Kier molecular flexibility index (Phi) is 6.14. The lowest BCUT2D eigenvalue weighted by atomic mass is 10.0. The topological polar surface area (TPSA) is 93.2 Å². The van der Waals surface area contributed by atoms with Crippen LogP contribution in [-0.2, 0) is 0 Å². The molecule has 2 N–H and O–H groups in total. The van der Waals surface area contributed by atoms with E-state index in [9.17, 15) is 14.0 Å². The number of anilines is 2. The largest absolute Gasteiger partial charge is 0.480 e. The van der Waals surface area contributed by atoms with Crippen molar-refractivity contribution >= 4 is 45.8 Å². The Morgan fingerprint density at radius 3 is 2.58 bits per heavy atom. The summed E-state index contributed by atoms with van der Waals surface area (Å²) in [5.74, 6) is -2.01. The molecule has 0 bridgehead atoms. The molecule has 0 spiro atoms. The molecule has 3 aromatic carbocycles. The molecule has 0 radical (unpaired) electrons. The predicted octanol–water partition coefficient (Wildman–Crippen LogP) is 5.45. The fraction of sp³-hybridized carbons (Fsp3) is 0.0435. The third-order valence-electron chi connectivity index (χ3n) is 4.64. The molecule has 166 valence electrons. The third kappa shape index (κ3) is 4.73. The number of fused-ring (bicyclic) bond motifs is 1. The summed E-state index contributed by atoms with van der Waals surface area (Å²) in [4.78, 5) is 33.7. The van der Waals surface area contributed by atoms with Crippen LogP contribution in [0.25, 0.3) is 11.0 Å². The number of carbonyl (C=O) groups excluding carboxylic acids is 2. The van der Waals surface area contributed by atoms with Gasteiger partial charge in [-0.1, -0.05) is 17.7 Å². The number of amides is 2. The van der Waals surface area contributed by atoms with E-state index in [-0.39, 0.29) is 27.8 Å². The number of hydrogen-bond acceptors (Lipinski definition) is 5. The number of hydrogen-bond donors (Lipinski definition) is 2. The Balaban J connectivity index is 1.63. The number of nitrogens with zero attached hydrogens (tertiary/aromatic N) is 2. The first-order valence-corrected chi connectivity index (χ1v) is 9.90. The number of halogens is 3. The van der Waals surface area contributed by atoms with E-state index in [0.29, 0.717) is 11.0 Å². The number of carbonyl (C=O) groups is 2. The molecule has 0 aliphatic rings. The number of ketones is 1. The minimum Gasteiger partial charge on any atom is -0.480 e. The predicted molar refractivity (Wildman–Crippen MR) is 120 cm³/mol. The van der Waals surface area contributed by atoms with E-state index in [1.54, 1.807) is 6.07 Å². The van der Waals surface area contributed by atoms with Gasteiger partial charge in [0.2, 0.25) is 5.88 Å². The number of aromatic nitrogens is 2. The summed E-state index contributed by atoms with van der Waals surface area (Å²) in [6.45, 7) is 0. The average Bonchev–Trinajstić information content (AvgIpc) is 2.80. The maximum atomic E-state index is 15.2. The van der Waals surface area contributed by atoms with Crippen molar-refractivity contribution in [1.82, 2.24) is 9.97 Å². The van der Waals surface area contributed by atoms with E-state index in [0.717, 1.165) is 6.07 Å². The van der Waals surface area contributed by atoms with Crippen molar-refractivity contribution in [2.45, 2.75) is 0 Å². The molecule has 0 aliphatic heterocycles. The molecule has 4 aromatic rings. The zero-order chi connectivity index (χ0) is 23.5. The van der Waals surface area contributed by atoms with E-state index < -0.39 is 29.0 Å². The maximum absolute atomic E-state index is 15.2. The Morgan fingerprint density at radius 2 is 1.82 bits per heavy atom. The quantitative estimate of drug-likeness (QED) is 0.380. The summed E-state index contributed by atoms with van der Waals surface area (Å²) >= 11 is 6.12. The van der Waals surface area contributed by atoms with Crippen LogP contribution < -0.4 is 15.4 Å². The number of rotatable bonds is 5. The van der Waals surface area contributed by atoms with Gasteiger partial charge in [-0.25, -0.2) is 23.5 Å². The molecule has 4 rings (SSSR count). The highest BCUT2D eigenvalue weighted by atomic mass is 35.5. The Hall–Kier alpha value is -4.11. The molecule has 0 unspecified atom stereocenters. The van der Waals surface area contributed by atoms with Gasteiger partial charge in [-0.2, -0.15) is 0 Å². The van der Waals surface area contributed by atoms with E-state index in [2.05, 4.69) is 20.6 Å². The van der Waals surface area contributed by atoms with Gasteiger partial charge >= 0.3 is 6.03 Å². The summed E-state index contributed by atoms with van der Waals surface area (Å²) < 4.78 is 33.5. The first kappa shape index (κ1) is 22.1. The van der Waals surface area contributed by atoms with Crippen molar-refractivity contribution < 1.29 is 23.1 Å². The maximum Gasteiger partial charge on any atom is 0.323 e. The van der Waals surface area contributed by atoms with Crippen LogP contribution in [0.5, 0.6) is 5.88 Å². The zero-order valence-electron chi connectivity index (χ0n) is 17.0. The molecule has 0 atom stereocenters. The van der Waals surface area contributed by atoms with Crippen LogP contribution in [0.3, 0.4) is 0 Å². The van der Waals surface area contributed by atoms with Crippen LogP contribution in [0.15, 0.2) is 60.8 Å². The monoisotopic (exact) mass is 468 g/mol. The lowest BCUT2D eigenvalue weighted by Gasteiger charge is -2.12. The molecule has 0 saturated carbocycles.